The highest BCUT2D eigenvalue weighted by molar-refractivity contribution is 5.85. The van der Waals surface area contributed by atoms with Crippen LogP contribution in [-0.2, 0) is 6.61 Å². The van der Waals surface area contributed by atoms with Crippen molar-refractivity contribution in [3.63, 3.8) is 0 Å². The summed E-state index contributed by atoms with van der Waals surface area (Å²) in [5, 5.41) is 8.81. The molecule has 0 aliphatic heterocycles. The summed E-state index contributed by atoms with van der Waals surface area (Å²) in [6.45, 7) is 3.36. The van der Waals surface area contributed by atoms with Gasteiger partial charge in [0.05, 0.1) is 12.8 Å². The van der Waals surface area contributed by atoms with Crippen molar-refractivity contribution in [2.24, 2.45) is 0 Å². The lowest BCUT2D eigenvalue weighted by Crippen LogP contribution is -2.01. The molecule has 2 aromatic rings. The third-order valence-electron chi connectivity index (χ3n) is 3.80. The maximum atomic E-state index is 10.7. The van der Waals surface area contributed by atoms with Crippen LogP contribution < -0.4 is 9.47 Å². The first-order valence-electron chi connectivity index (χ1n) is 8.73. The molecule has 5 heteroatoms. The Morgan fingerprint density at radius 1 is 0.960 bits per heavy atom. The average Bonchev–Trinajstić information content (AvgIpc) is 2.64. The van der Waals surface area contributed by atoms with E-state index in [1.807, 2.05) is 24.3 Å². The molecule has 0 unspecified atom stereocenters. The molecule has 0 aliphatic rings. The Hall–Kier alpha value is -2.56. The van der Waals surface area contributed by atoms with E-state index in [1.54, 1.807) is 6.07 Å². The first-order valence-corrected chi connectivity index (χ1v) is 8.73. The first-order chi connectivity index (χ1) is 12.2. The van der Waals surface area contributed by atoms with Gasteiger partial charge >= 0.3 is 5.97 Å². The SMILES string of the molecule is CCCCCCCOc1ccc(COc2ccc(C(=O)O)nc2)cc1. The second-order valence-electron chi connectivity index (χ2n) is 5.88. The number of rotatable bonds is 11. The Balaban J connectivity index is 1.71. The molecule has 0 amide bonds. The van der Waals surface area contributed by atoms with Crippen molar-refractivity contribution in [3.05, 3.63) is 53.9 Å². The number of hydrogen-bond acceptors (Lipinski definition) is 4. The molecule has 2 rings (SSSR count). The fraction of sp³-hybridized carbons (Fsp3) is 0.400. The number of hydrogen-bond donors (Lipinski definition) is 1. The first kappa shape index (κ1) is 18.8. The Labute approximate surface area is 148 Å². The van der Waals surface area contributed by atoms with E-state index in [1.165, 1.54) is 37.9 Å². The fourth-order valence-corrected chi connectivity index (χ4v) is 2.34. The van der Waals surface area contributed by atoms with E-state index < -0.39 is 5.97 Å². The third-order valence-corrected chi connectivity index (χ3v) is 3.80. The standard InChI is InChI=1S/C20H25NO4/c1-2-3-4-5-6-13-24-17-9-7-16(8-10-17)15-25-18-11-12-19(20(22)23)21-14-18/h7-12,14H,2-6,13,15H2,1H3,(H,22,23). The minimum absolute atomic E-state index is 0.00328. The maximum Gasteiger partial charge on any atom is 0.354 e. The summed E-state index contributed by atoms with van der Waals surface area (Å²) >= 11 is 0. The molecule has 134 valence electrons. The summed E-state index contributed by atoms with van der Waals surface area (Å²) in [5.74, 6) is 0.358. The number of carbonyl (C=O) groups is 1. The molecular weight excluding hydrogens is 318 g/mol. The van der Waals surface area contributed by atoms with Gasteiger partial charge in [0.25, 0.3) is 0 Å². The number of aromatic nitrogens is 1. The van der Waals surface area contributed by atoms with Crippen LogP contribution in [0.25, 0.3) is 0 Å². The van der Waals surface area contributed by atoms with Crippen molar-refractivity contribution < 1.29 is 19.4 Å². The molecule has 0 aliphatic carbocycles. The highest BCUT2D eigenvalue weighted by atomic mass is 16.5. The highest BCUT2D eigenvalue weighted by Crippen LogP contribution is 2.16. The molecule has 1 aromatic heterocycles. The Morgan fingerprint density at radius 3 is 2.32 bits per heavy atom. The van der Waals surface area contributed by atoms with Gasteiger partial charge in [-0.3, -0.25) is 0 Å². The van der Waals surface area contributed by atoms with E-state index in [0.717, 1.165) is 24.3 Å². The van der Waals surface area contributed by atoms with Gasteiger partial charge < -0.3 is 14.6 Å². The number of unbranched alkanes of at least 4 members (excludes halogenated alkanes) is 4. The normalized spacial score (nSPS) is 10.4. The monoisotopic (exact) mass is 343 g/mol. The molecule has 0 saturated carbocycles. The molecule has 25 heavy (non-hydrogen) atoms. The van der Waals surface area contributed by atoms with Crippen LogP contribution in [0.15, 0.2) is 42.6 Å². The van der Waals surface area contributed by atoms with Gasteiger partial charge in [-0.15, -0.1) is 0 Å². The summed E-state index contributed by atoms with van der Waals surface area (Å²) in [5.41, 5.74) is 1.01. The fourth-order valence-electron chi connectivity index (χ4n) is 2.34. The van der Waals surface area contributed by atoms with Gasteiger partial charge in [-0.2, -0.15) is 0 Å². The minimum Gasteiger partial charge on any atom is -0.494 e. The van der Waals surface area contributed by atoms with Gasteiger partial charge in [0.1, 0.15) is 23.8 Å². The summed E-state index contributed by atoms with van der Waals surface area (Å²) in [6, 6.07) is 10.8. The zero-order valence-electron chi connectivity index (χ0n) is 14.6. The molecule has 0 atom stereocenters. The molecular formula is C20H25NO4. The van der Waals surface area contributed by atoms with Gasteiger partial charge in [0.15, 0.2) is 0 Å². The molecule has 0 fully saturated rings. The summed E-state index contributed by atoms with van der Waals surface area (Å²) in [6.07, 6.45) is 7.55. The number of ether oxygens (including phenoxy) is 2. The molecule has 0 radical (unpaired) electrons. The van der Waals surface area contributed by atoms with Gasteiger partial charge in [0, 0.05) is 0 Å². The lowest BCUT2D eigenvalue weighted by Gasteiger charge is -2.08. The van der Waals surface area contributed by atoms with Crippen LogP contribution in [0.2, 0.25) is 0 Å². The largest absolute Gasteiger partial charge is 0.494 e. The van der Waals surface area contributed by atoms with Gasteiger partial charge in [0.2, 0.25) is 0 Å². The predicted octanol–water partition coefficient (Wildman–Crippen LogP) is 4.71. The van der Waals surface area contributed by atoms with E-state index in [9.17, 15) is 4.79 Å². The summed E-state index contributed by atoms with van der Waals surface area (Å²) in [7, 11) is 0. The van der Waals surface area contributed by atoms with Crippen molar-refractivity contribution in [1.29, 1.82) is 0 Å². The second-order valence-corrected chi connectivity index (χ2v) is 5.88. The van der Waals surface area contributed by atoms with Crippen LogP contribution in [0.1, 0.15) is 55.1 Å². The van der Waals surface area contributed by atoms with E-state index in [-0.39, 0.29) is 5.69 Å². The van der Waals surface area contributed by atoms with Gasteiger partial charge in [-0.1, -0.05) is 44.7 Å². The number of aromatic carboxylic acids is 1. The predicted molar refractivity (Wildman–Crippen MR) is 96.2 cm³/mol. The smallest absolute Gasteiger partial charge is 0.354 e. The number of carboxylic acid groups (broad SMARTS) is 1. The van der Waals surface area contributed by atoms with E-state index in [0.29, 0.717) is 12.4 Å². The van der Waals surface area contributed by atoms with Crippen LogP contribution in [0.4, 0.5) is 0 Å². The Morgan fingerprint density at radius 2 is 1.68 bits per heavy atom. The van der Waals surface area contributed by atoms with Crippen molar-refractivity contribution in [2.45, 2.75) is 45.6 Å². The lowest BCUT2D eigenvalue weighted by atomic mass is 10.2. The van der Waals surface area contributed by atoms with Crippen LogP contribution >= 0.6 is 0 Å². The molecule has 0 saturated heterocycles. The third kappa shape index (κ3) is 6.83. The van der Waals surface area contributed by atoms with Gasteiger partial charge in [-0.05, 0) is 36.2 Å². The average molecular weight is 343 g/mol. The van der Waals surface area contributed by atoms with Crippen LogP contribution in [-0.4, -0.2) is 22.7 Å². The second kappa shape index (κ2) is 10.3. The number of nitrogens with zero attached hydrogens (tertiary/aromatic N) is 1. The van der Waals surface area contributed by atoms with Crippen LogP contribution in [0.5, 0.6) is 11.5 Å². The van der Waals surface area contributed by atoms with Crippen molar-refractivity contribution in [2.75, 3.05) is 6.61 Å². The van der Waals surface area contributed by atoms with Crippen LogP contribution in [0.3, 0.4) is 0 Å². The lowest BCUT2D eigenvalue weighted by molar-refractivity contribution is 0.0690. The number of pyridine rings is 1. The Kier molecular flexibility index (Phi) is 7.76. The van der Waals surface area contributed by atoms with Gasteiger partial charge in [-0.25, -0.2) is 9.78 Å². The zero-order chi connectivity index (χ0) is 17.9. The molecule has 0 bridgehead atoms. The van der Waals surface area contributed by atoms with Crippen LogP contribution in [0, 0.1) is 0 Å². The Bertz CT molecular complexity index is 638. The molecule has 1 heterocycles. The number of carboxylic acids is 1. The molecule has 1 aromatic carbocycles. The van der Waals surface area contributed by atoms with Crippen molar-refractivity contribution in [1.82, 2.24) is 4.98 Å². The zero-order valence-corrected chi connectivity index (χ0v) is 14.6. The van der Waals surface area contributed by atoms with E-state index in [4.69, 9.17) is 14.6 Å². The quantitative estimate of drug-likeness (QED) is 0.599. The maximum absolute atomic E-state index is 10.7. The van der Waals surface area contributed by atoms with E-state index >= 15 is 0 Å². The number of benzene rings is 1. The van der Waals surface area contributed by atoms with Crippen molar-refractivity contribution in [3.8, 4) is 11.5 Å². The molecule has 0 spiro atoms. The molecule has 1 N–H and O–H groups in total. The molecule has 5 nitrogen and oxygen atoms in total. The summed E-state index contributed by atoms with van der Waals surface area (Å²) < 4.78 is 11.3. The topological polar surface area (TPSA) is 68.7 Å². The summed E-state index contributed by atoms with van der Waals surface area (Å²) in [4.78, 5) is 14.6. The van der Waals surface area contributed by atoms with E-state index in [2.05, 4.69) is 11.9 Å². The van der Waals surface area contributed by atoms with Crippen molar-refractivity contribution >= 4 is 5.97 Å². The minimum atomic E-state index is -1.05. The highest BCUT2D eigenvalue weighted by Gasteiger charge is 2.04.